The number of hydrogen-bond acceptors (Lipinski definition) is 6. The summed E-state index contributed by atoms with van der Waals surface area (Å²) in [6.45, 7) is 0.702. The van der Waals surface area contributed by atoms with Crippen LogP contribution >= 0.6 is 22.7 Å². The summed E-state index contributed by atoms with van der Waals surface area (Å²) in [6.07, 6.45) is 8.40. The molecule has 8 heteroatoms. The van der Waals surface area contributed by atoms with E-state index in [4.69, 9.17) is 0 Å². The van der Waals surface area contributed by atoms with Crippen LogP contribution in [0.25, 0.3) is 0 Å². The van der Waals surface area contributed by atoms with Gasteiger partial charge in [0.1, 0.15) is 5.78 Å². The molecule has 2 aromatic heterocycles. The van der Waals surface area contributed by atoms with Crippen LogP contribution in [0.3, 0.4) is 0 Å². The van der Waals surface area contributed by atoms with Crippen molar-refractivity contribution in [2.45, 2.75) is 51.4 Å². The lowest BCUT2D eigenvalue weighted by Crippen LogP contribution is -2.31. The van der Waals surface area contributed by atoms with Crippen molar-refractivity contribution in [1.29, 1.82) is 0 Å². The number of ketones is 1. The number of anilines is 1. The van der Waals surface area contributed by atoms with Crippen molar-refractivity contribution in [3.8, 4) is 0 Å². The third-order valence-electron chi connectivity index (χ3n) is 6.21. The molecule has 2 heterocycles. The number of Topliss-reactive ketones (excluding diaryl/α,β-unsaturated/α-hetero) is 1. The highest BCUT2D eigenvalue weighted by molar-refractivity contribution is 7.13. The van der Waals surface area contributed by atoms with Gasteiger partial charge in [-0.3, -0.25) is 14.4 Å². The minimum atomic E-state index is -0.182. The molecule has 1 atom stereocenters. The molecule has 2 saturated carbocycles. The molecule has 2 amide bonds. The third kappa shape index (κ3) is 4.34. The van der Waals surface area contributed by atoms with Crippen LogP contribution in [-0.4, -0.2) is 29.1 Å². The summed E-state index contributed by atoms with van der Waals surface area (Å²) in [7, 11) is 0. The Hall–Kier alpha value is -2.06. The summed E-state index contributed by atoms with van der Waals surface area (Å²) < 4.78 is 0. The Morgan fingerprint density at radius 3 is 2.63 bits per heavy atom. The van der Waals surface area contributed by atoms with Crippen molar-refractivity contribution in [2.24, 2.45) is 17.8 Å². The van der Waals surface area contributed by atoms with E-state index < -0.39 is 0 Å². The van der Waals surface area contributed by atoms with Gasteiger partial charge >= 0.3 is 0 Å². The quantitative estimate of drug-likeness (QED) is 0.652. The number of hydrogen-bond donors (Lipinski definition) is 2. The molecule has 158 valence electrons. The number of carbonyl (C=O) groups is 3. The SMILES string of the molecule is O=C(NCC1CC1)c1c(CC(=O)C2CC2)sc2c1CC(C(=O)Nc1nccs1)CC2. The smallest absolute Gasteiger partial charge is 0.252 e. The van der Waals surface area contributed by atoms with Crippen LogP contribution in [-0.2, 0) is 28.9 Å². The van der Waals surface area contributed by atoms with Gasteiger partial charge in [0.25, 0.3) is 5.91 Å². The summed E-state index contributed by atoms with van der Waals surface area (Å²) in [5.41, 5.74) is 1.66. The Labute approximate surface area is 183 Å². The lowest BCUT2D eigenvalue weighted by atomic mass is 9.85. The maximum absolute atomic E-state index is 13.1. The van der Waals surface area contributed by atoms with E-state index in [2.05, 4.69) is 15.6 Å². The van der Waals surface area contributed by atoms with Gasteiger partial charge in [0.15, 0.2) is 5.13 Å². The number of rotatable bonds is 8. The van der Waals surface area contributed by atoms with E-state index in [1.807, 2.05) is 5.38 Å². The summed E-state index contributed by atoms with van der Waals surface area (Å²) in [6, 6.07) is 0. The largest absolute Gasteiger partial charge is 0.352 e. The Kier molecular flexibility index (Phi) is 5.45. The van der Waals surface area contributed by atoms with Crippen molar-refractivity contribution >= 4 is 45.4 Å². The number of carbonyl (C=O) groups excluding carboxylic acids is 3. The van der Waals surface area contributed by atoms with Gasteiger partial charge in [-0.25, -0.2) is 4.98 Å². The summed E-state index contributed by atoms with van der Waals surface area (Å²) >= 11 is 3.01. The number of aryl methyl sites for hydroxylation is 1. The molecular formula is C22H25N3O3S2. The second-order valence-corrected chi connectivity index (χ2v) is 10.7. The fourth-order valence-electron chi connectivity index (χ4n) is 4.10. The van der Waals surface area contributed by atoms with Crippen LogP contribution in [0.5, 0.6) is 0 Å². The van der Waals surface area contributed by atoms with Crippen molar-refractivity contribution in [2.75, 3.05) is 11.9 Å². The van der Waals surface area contributed by atoms with Gasteiger partial charge in [0, 0.05) is 46.1 Å². The molecule has 0 spiro atoms. The number of thiophene rings is 1. The number of nitrogens with one attached hydrogen (secondary N) is 2. The highest BCUT2D eigenvalue weighted by Gasteiger charge is 2.35. The van der Waals surface area contributed by atoms with E-state index in [0.29, 0.717) is 36.0 Å². The van der Waals surface area contributed by atoms with Gasteiger partial charge in [-0.15, -0.1) is 22.7 Å². The Morgan fingerprint density at radius 2 is 1.93 bits per heavy atom. The number of fused-ring (bicyclic) bond motifs is 1. The first kappa shape index (κ1) is 19.9. The molecule has 6 nitrogen and oxygen atoms in total. The Balaban J connectivity index is 1.37. The summed E-state index contributed by atoms with van der Waals surface area (Å²) in [5.74, 6) is 0.738. The number of amides is 2. The first-order valence-corrected chi connectivity index (χ1v) is 12.4. The van der Waals surface area contributed by atoms with Crippen LogP contribution in [0.15, 0.2) is 11.6 Å². The molecule has 0 saturated heterocycles. The molecular weight excluding hydrogens is 418 g/mol. The predicted molar refractivity (Wildman–Crippen MR) is 117 cm³/mol. The third-order valence-corrected chi connectivity index (χ3v) is 8.19. The lowest BCUT2D eigenvalue weighted by Gasteiger charge is -2.22. The number of nitrogens with zero attached hydrogens (tertiary/aromatic N) is 1. The van der Waals surface area contributed by atoms with Gasteiger partial charge < -0.3 is 10.6 Å². The zero-order valence-corrected chi connectivity index (χ0v) is 18.4. The lowest BCUT2D eigenvalue weighted by molar-refractivity contribution is -0.120. The van der Waals surface area contributed by atoms with Crippen molar-refractivity contribution in [3.63, 3.8) is 0 Å². The van der Waals surface area contributed by atoms with E-state index in [-0.39, 0.29) is 29.4 Å². The minimum absolute atomic E-state index is 0.0401. The van der Waals surface area contributed by atoms with Gasteiger partial charge in [0.2, 0.25) is 5.91 Å². The molecule has 0 aromatic carbocycles. The second kappa shape index (κ2) is 8.23. The molecule has 0 radical (unpaired) electrons. The maximum atomic E-state index is 13.1. The zero-order chi connectivity index (χ0) is 20.7. The molecule has 1 unspecified atom stereocenters. The van der Waals surface area contributed by atoms with Crippen LogP contribution < -0.4 is 10.6 Å². The number of aromatic nitrogens is 1. The minimum Gasteiger partial charge on any atom is -0.352 e. The Bertz CT molecular complexity index is 974. The highest BCUT2D eigenvalue weighted by atomic mass is 32.1. The predicted octanol–water partition coefficient (Wildman–Crippen LogP) is 3.61. The molecule has 3 aliphatic carbocycles. The fraction of sp³-hybridized carbons (Fsp3) is 0.545. The molecule has 2 N–H and O–H groups in total. The van der Waals surface area contributed by atoms with E-state index in [1.54, 1.807) is 17.5 Å². The second-order valence-electron chi connectivity index (χ2n) is 8.64. The van der Waals surface area contributed by atoms with Crippen molar-refractivity contribution in [3.05, 3.63) is 32.5 Å². The molecule has 0 aliphatic heterocycles. The summed E-state index contributed by atoms with van der Waals surface area (Å²) in [4.78, 5) is 44.6. The highest BCUT2D eigenvalue weighted by Crippen LogP contribution is 2.39. The average Bonchev–Trinajstić information content (AvgIpc) is 3.66. The first-order chi connectivity index (χ1) is 14.6. The van der Waals surface area contributed by atoms with Crippen LogP contribution in [0, 0.1) is 17.8 Å². The van der Waals surface area contributed by atoms with Crippen LogP contribution in [0.2, 0.25) is 0 Å². The molecule has 3 aliphatic rings. The van der Waals surface area contributed by atoms with Crippen molar-refractivity contribution < 1.29 is 14.4 Å². The fourth-order valence-corrected chi connectivity index (χ4v) is 5.99. The molecule has 2 aromatic rings. The maximum Gasteiger partial charge on any atom is 0.252 e. The molecule has 0 bridgehead atoms. The monoisotopic (exact) mass is 443 g/mol. The van der Waals surface area contributed by atoms with E-state index in [9.17, 15) is 14.4 Å². The normalized spacial score (nSPS) is 20.5. The van der Waals surface area contributed by atoms with E-state index in [1.165, 1.54) is 29.1 Å². The van der Waals surface area contributed by atoms with E-state index >= 15 is 0 Å². The van der Waals surface area contributed by atoms with Crippen LogP contribution in [0.4, 0.5) is 5.13 Å². The first-order valence-electron chi connectivity index (χ1n) is 10.7. The summed E-state index contributed by atoms with van der Waals surface area (Å²) in [5, 5.41) is 8.42. The van der Waals surface area contributed by atoms with Gasteiger partial charge in [0.05, 0.1) is 5.56 Å². The Morgan fingerprint density at radius 1 is 1.10 bits per heavy atom. The molecule has 30 heavy (non-hydrogen) atoms. The zero-order valence-electron chi connectivity index (χ0n) is 16.7. The van der Waals surface area contributed by atoms with Crippen LogP contribution in [0.1, 0.15) is 57.8 Å². The molecule has 5 rings (SSSR count). The van der Waals surface area contributed by atoms with Gasteiger partial charge in [-0.05, 0) is 56.4 Å². The molecule has 2 fully saturated rings. The van der Waals surface area contributed by atoms with Gasteiger partial charge in [-0.2, -0.15) is 0 Å². The van der Waals surface area contributed by atoms with E-state index in [0.717, 1.165) is 36.1 Å². The average molecular weight is 444 g/mol. The standard InChI is InChI=1S/C22H25N3O3S2/c26-16(13-3-4-13)10-18-19(21(28)24-11-12-1-2-12)15-9-14(5-6-17(15)30-18)20(27)25-22-23-7-8-29-22/h7-8,12-14H,1-6,9-11H2,(H,24,28)(H,23,25,27). The van der Waals surface area contributed by atoms with Gasteiger partial charge in [-0.1, -0.05) is 0 Å². The number of thiazole rings is 1. The van der Waals surface area contributed by atoms with Crippen molar-refractivity contribution in [1.82, 2.24) is 10.3 Å². The topological polar surface area (TPSA) is 88.2 Å².